The van der Waals surface area contributed by atoms with Gasteiger partial charge in [0.15, 0.2) is 0 Å². The number of aliphatic hydroxyl groups is 2. The van der Waals surface area contributed by atoms with Crippen LogP contribution in [-0.2, 0) is 14.3 Å². The second-order valence-electron chi connectivity index (χ2n) is 11.5. The minimum Gasteiger partial charge on any atom is -0.423 e. The number of ether oxygens (including phenoxy) is 2. The zero-order valence-electron chi connectivity index (χ0n) is 21.2. The van der Waals surface area contributed by atoms with Crippen molar-refractivity contribution in [2.24, 2.45) is 22.7 Å². The highest BCUT2D eigenvalue weighted by Gasteiger charge is 2.66. The fourth-order valence-corrected chi connectivity index (χ4v) is 6.97. The summed E-state index contributed by atoms with van der Waals surface area (Å²) in [5.41, 5.74) is 1.76. The first kappa shape index (κ1) is 24.3. The second kappa shape index (κ2) is 8.61. The lowest BCUT2D eigenvalue weighted by Crippen LogP contribution is -2.60. The number of carbonyl (C=O) groups excluding carboxylic acids is 1. The molecule has 0 bridgehead atoms. The van der Waals surface area contributed by atoms with Gasteiger partial charge >= 0.3 is 5.97 Å². The van der Waals surface area contributed by atoms with Crippen molar-refractivity contribution in [2.75, 3.05) is 32.2 Å². The summed E-state index contributed by atoms with van der Waals surface area (Å²) in [4.78, 5) is 14.7. The molecule has 2 aliphatic heterocycles. The fraction of sp³-hybridized carbons (Fsp3) is 0.552. The van der Waals surface area contributed by atoms with E-state index in [1.165, 1.54) is 0 Å². The first-order chi connectivity index (χ1) is 16.6. The molecule has 188 valence electrons. The van der Waals surface area contributed by atoms with Crippen LogP contribution in [0.1, 0.15) is 45.1 Å². The van der Waals surface area contributed by atoms with Crippen molar-refractivity contribution >= 4 is 17.7 Å². The third-order valence-electron chi connectivity index (χ3n) is 9.23. The lowest BCUT2D eigenvalue weighted by molar-refractivity contribution is -0.167. The number of esters is 1. The second-order valence-corrected chi connectivity index (χ2v) is 11.5. The largest absolute Gasteiger partial charge is 0.423 e. The minimum absolute atomic E-state index is 0.0279. The molecule has 1 aromatic carbocycles. The van der Waals surface area contributed by atoms with E-state index in [9.17, 15) is 15.0 Å². The predicted molar refractivity (Wildman–Crippen MR) is 135 cm³/mol. The van der Waals surface area contributed by atoms with Crippen LogP contribution >= 0.6 is 0 Å². The quantitative estimate of drug-likeness (QED) is 0.489. The van der Waals surface area contributed by atoms with Crippen molar-refractivity contribution in [1.29, 1.82) is 0 Å². The average molecular weight is 480 g/mol. The monoisotopic (exact) mass is 479 g/mol. The normalized spacial score (nSPS) is 39.6. The number of cyclic esters (lactones) is 1. The Kier molecular flexibility index (Phi) is 5.98. The Morgan fingerprint density at radius 3 is 2.49 bits per heavy atom. The minimum atomic E-state index is -0.529. The summed E-state index contributed by atoms with van der Waals surface area (Å²) in [5.74, 6) is 0.469. The predicted octanol–water partition coefficient (Wildman–Crippen LogP) is 4.09. The third kappa shape index (κ3) is 4.05. The molecule has 3 unspecified atom stereocenters. The summed E-state index contributed by atoms with van der Waals surface area (Å²) >= 11 is 0. The van der Waals surface area contributed by atoms with Crippen LogP contribution in [0.5, 0.6) is 0 Å². The molecule has 0 amide bonds. The van der Waals surface area contributed by atoms with Gasteiger partial charge in [-0.2, -0.15) is 0 Å². The molecule has 0 radical (unpaired) electrons. The van der Waals surface area contributed by atoms with Crippen LogP contribution in [0.2, 0.25) is 0 Å². The lowest BCUT2D eigenvalue weighted by Gasteiger charge is -2.60. The lowest BCUT2D eigenvalue weighted by atomic mass is 9.45. The number of carbonyl (C=O) groups is 1. The SMILES string of the molecule is CN(C)c1ccc(/C=C2C=C(/C=C/C3C4(CCC5[C@]3(C)CC[C@@H](O)[C@@]5(C)CO)CO4)C(=O)O\2)cc1. The average Bonchev–Trinajstić information content (AvgIpc) is 3.51. The molecule has 6 nitrogen and oxygen atoms in total. The molecule has 4 aliphatic rings. The molecule has 2 aliphatic carbocycles. The van der Waals surface area contributed by atoms with E-state index in [2.05, 4.69) is 13.0 Å². The zero-order valence-corrected chi connectivity index (χ0v) is 21.2. The van der Waals surface area contributed by atoms with Gasteiger partial charge in [-0.15, -0.1) is 0 Å². The van der Waals surface area contributed by atoms with Crippen molar-refractivity contribution in [3.05, 3.63) is 59.4 Å². The Morgan fingerprint density at radius 1 is 1.14 bits per heavy atom. The van der Waals surface area contributed by atoms with Gasteiger partial charge in [0.25, 0.3) is 0 Å². The maximum atomic E-state index is 12.6. The molecule has 2 heterocycles. The molecule has 1 saturated heterocycles. The van der Waals surface area contributed by atoms with E-state index in [0.717, 1.165) is 37.1 Å². The number of hydrogen-bond acceptors (Lipinski definition) is 6. The summed E-state index contributed by atoms with van der Waals surface area (Å²) in [5, 5.41) is 21.0. The van der Waals surface area contributed by atoms with Crippen LogP contribution in [0.3, 0.4) is 0 Å². The number of allylic oxidation sites excluding steroid dienone is 1. The van der Waals surface area contributed by atoms with Crippen LogP contribution < -0.4 is 4.90 Å². The van der Waals surface area contributed by atoms with Gasteiger partial charge in [0.2, 0.25) is 0 Å². The Balaban J connectivity index is 1.40. The van der Waals surface area contributed by atoms with Gasteiger partial charge in [0.1, 0.15) is 5.76 Å². The van der Waals surface area contributed by atoms with E-state index in [1.807, 2.05) is 62.3 Å². The highest BCUT2D eigenvalue weighted by atomic mass is 16.6. The molecule has 6 atom stereocenters. The Morgan fingerprint density at radius 2 is 1.86 bits per heavy atom. The number of epoxide rings is 1. The van der Waals surface area contributed by atoms with Gasteiger partial charge in [-0.05, 0) is 66.9 Å². The molecule has 0 aromatic heterocycles. The van der Waals surface area contributed by atoms with Gasteiger partial charge in [0.05, 0.1) is 30.5 Å². The van der Waals surface area contributed by atoms with Crippen molar-refractivity contribution in [3.8, 4) is 0 Å². The molecule has 3 fully saturated rings. The van der Waals surface area contributed by atoms with Crippen LogP contribution in [0.25, 0.3) is 6.08 Å². The van der Waals surface area contributed by atoms with E-state index in [0.29, 0.717) is 17.8 Å². The molecule has 1 aromatic rings. The third-order valence-corrected chi connectivity index (χ3v) is 9.23. The number of rotatable bonds is 5. The van der Waals surface area contributed by atoms with E-state index in [-0.39, 0.29) is 35.4 Å². The molecule has 5 rings (SSSR count). The van der Waals surface area contributed by atoms with Gasteiger partial charge in [0, 0.05) is 31.1 Å². The Labute approximate surface area is 207 Å². The summed E-state index contributed by atoms with van der Waals surface area (Å²) in [6.07, 6.45) is 10.6. The van der Waals surface area contributed by atoms with E-state index in [1.54, 1.807) is 6.08 Å². The van der Waals surface area contributed by atoms with Crippen LogP contribution in [0.4, 0.5) is 5.69 Å². The van der Waals surface area contributed by atoms with Crippen LogP contribution in [-0.4, -0.2) is 55.2 Å². The highest BCUT2D eigenvalue weighted by molar-refractivity contribution is 5.96. The van der Waals surface area contributed by atoms with Crippen molar-refractivity contribution < 1.29 is 24.5 Å². The van der Waals surface area contributed by atoms with Crippen molar-refractivity contribution in [1.82, 2.24) is 0 Å². The smallest absolute Gasteiger partial charge is 0.343 e. The van der Waals surface area contributed by atoms with Crippen LogP contribution in [0.15, 0.2) is 53.8 Å². The number of aliphatic hydroxyl groups excluding tert-OH is 2. The van der Waals surface area contributed by atoms with Gasteiger partial charge in [-0.25, -0.2) is 4.79 Å². The molecule has 1 spiro atoms. The van der Waals surface area contributed by atoms with E-state index < -0.39 is 11.5 Å². The number of fused-ring (bicyclic) bond motifs is 1. The number of nitrogens with zero attached hydrogens (tertiary/aromatic N) is 1. The van der Waals surface area contributed by atoms with Gasteiger partial charge in [-0.3, -0.25) is 0 Å². The molecule has 2 saturated carbocycles. The van der Waals surface area contributed by atoms with Crippen molar-refractivity contribution in [3.63, 3.8) is 0 Å². The molecular formula is C29H37NO5. The molecule has 6 heteroatoms. The van der Waals surface area contributed by atoms with Gasteiger partial charge < -0.3 is 24.6 Å². The van der Waals surface area contributed by atoms with E-state index >= 15 is 0 Å². The number of benzene rings is 1. The first-order valence-electron chi connectivity index (χ1n) is 12.7. The maximum absolute atomic E-state index is 12.6. The summed E-state index contributed by atoms with van der Waals surface area (Å²) in [6.45, 7) is 4.99. The fourth-order valence-electron chi connectivity index (χ4n) is 6.97. The summed E-state index contributed by atoms with van der Waals surface area (Å²) in [7, 11) is 4.00. The Hall–Kier alpha value is -2.41. The van der Waals surface area contributed by atoms with Crippen LogP contribution in [0, 0.1) is 22.7 Å². The first-order valence-corrected chi connectivity index (χ1v) is 12.7. The van der Waals surface area contributed by atoms with E-state index in [4.69, 9.17) is 9.47 Å². The molecule has 35 heavy (non-hydrogen) atoms. The zero-order chi connectivity index (χ0) is 25.0. The summed E-state index contributed by atoms with van der Waals surface area (Å²) < 4.78 is 11.6. The number of anilines is 1. The topological polar surface area (TPSA) is 82.5 Å². The molecule has 2 N–H and O–H groups in total. The standard InChI is InChI=1S/C29H37NO5/c1-27-13-12-25(32)28(2,17-31)23(27)11-14-29(18-34-29)24(27)10-7-20-16-22(35-26(20)33)15-19-5-8-21(9-6-19)30(3)4/h5-10,15-16,23-25,31-32H,11-14,17-18H2,1-4H3/b10-7+,22-15+/t23?,24?,25-,27+,28+,29?/m1/s1. The summed E-state index contributed by atoms with van der Waals surface area (Å²) in [6, 6.07) is 8.07. The number of hydrogen-bond donors (Lipinski definition) is 2. The highest BCUT2D eigenvalue weighted by Crippen LogP contribution is 2.65. The van der Waals surface area contributed by atoms with Crippen molar-refractivity contribution in [2.45, 2.75) is 51.2 Å². The Bertz CT molecular complexity index is 1080. The maximum Gasteiger partial charge on any atom is 0.343 e. The van der Waals surface area contributed by atoms with Gasteiger partial charge in [-0.1, -0.05) is 38.1 Å². The molecular weight excluding hydrogens is 442 g/mol.